The van der Waals surface area contributed by atoms with Gasteiger partial charge in [-0.2, -0.15) is 0 Å². The van der Waals surface area contributed by atoms with E-state index in [1.807, 2.05) is 12.1 Å². The Labute approximate surface area is 143 Å². The van der Waals surface area contributed by atoms with Crippen molar-refractivity contribution in [3.63, 3.8) is 0 Å². The minimum Gasteiger partial charge on any atom is -0.493 e. The topological polar surface area (TPSA) is 46.2 Å². The van der Waals surface area contributed by atoms with E-state index in [1.54, 1.807) is 13.3 Å². The van der Waals surface area contributed by atoms with Crippen LogP contribution in [0, 0.1) is 13.8 Å². The molecule has 0 saturated heterocycles. The molecule has 0 radical (unpaired) electrons. The molecule has 2 rings (SSSR count). The number of ether oxygens (including phenoxy) is 1. The normalized spacial score (nSPS) is 11.7. The van der Waals surface area contributed by atoms with Crippen molar-refractivity contribution in [1.82, 2.24) is 10.3 Å². The van der Waals surface area contributed by atoms with Gasteiger partial charge in [0.05, 0.1) is 13.2 Å². The van der Waals surface area contributed by atoms with Gasteiger partial charge in [0.2, 0.25) is 0 Å². The van der Waals surface area contributed by atoms with Gasteiger partial charge in [-0.1, -0.05) is 25.1 Å². The van der Waals surface area contributed by atoms with E-state index in [-0.39, 0.29) is 6.04 Å². The van der Waals surface area contributed by atoms with Crippen molar-refractivity contribution in [2.24, 2.45) is 0 Å². The Hall–Kier alpha value is -2.14. The zero-order chi connectivity index (χ0) is 16.8. The maximum atomic E-state index is 5.43. The molecule has 1 aromatic heterocycles. The molecule has 0 aliphatic heterocycles. The first-order valence-corrected chi connectivity index (χ1v) is 8.09. The second kappa shape index (κ2) is 7.92. The standard InChI is InChI=1S/C18H23N3OS/c1-5-15(14-9-8-12(2)13(3)11-14)20-18(23)21-17-16(22-4)7-6-10-19-17/h6-11,15H,5H2,1-4H3,(H2,19,20,21,23)/t15-/m1/s1. The summed E-state index contributed by atoms with van der Waals surface area (Å²) in [7, 11) is 1.61. The number of thiocarbonyl (C=S) groups is 1. The SMILES string of the molecule is CC[C@@H](NC(=S)Nc1ncccc1OC)c1ccc(C)c(C)c1. The van der Waals surface area contributed by atoms with Gasteiger partial charge in [0.1, 0.15) is 0 Å². The summed E-state index contributed by atoms with van der Waals surface area (Å²) in [5.74, 6) is 1.28. The van der Waals surface area contributed by atoms with Crippen LogP contribution in [0.3, 0.4) is 0 Å². The fourth-order valence-corrected chi connectivity index (χ4v) is 2.59. The van der Waals surface area contributed by atoms with E-state index in [9.17, 15) is 0 Å². The van der Waals surface area contributed by atoms with Crippen LogP contribution in [-0.4, -0.2) is 17.2 Å². The predicted octanol–water partition coefficient (Wildman–Crippen LogP) is 4.14. The molecule has 122 valence electrons. The number of rotatable bonds is 5. The minimum absolute atomic E-state index is 0.156. The van der Waals surface area contributed by atoms with Gasteiger partial charge in [-0.05, 0) is 61.3 Å². The monoisotopic (exact) mass is 329 g/mol. The highest BCUT2D eigenvalue weighted by atomic mass is 32.1. The predicted molar refractivity (Wildman–Crippen MR) is 99.1 cm³/mol. The molecule has 0 aliphatic carbocycles. The summed E-state index contributed by atoms with van der Waals surface area (Å²) in [6, 6.07) is 10.3. The van der Waals surface area contributed by atoms with Gasteiger partial charge in [0.25, 0.3) is 0 Å². The smallest absolute Gasteiger partial charge is 0.174 e. The number of methoxy groups -OCH3 is 1. The molecule has 0 unspecified atom stereocenters. The summed E-state index contributed by atoms with van der Waals surface area (Å²) >= 11 is 5.43. The van der Waals surface area contributed by atoms with E-state index in [2.05, 4.69) is 54.6 Å². The van der Waals surface area contributed by atoms with Crippen molar-refractivity contribution in [3.8, 4) is 5.75 Å². The molecule has 0 saturated carbocycles. The Bertz CT molecular complexity index is 688. The van der Waals surface area contributed by atoms with Gasteiger partial charge in [0.15, 0.2) is 16.7 Å². The van der Waals surface area contributed by atoms with Gasteiger partial charge >= 0.3 is 0 Å². The number of benzene rings is 1. The summed E-state index contributed by atoms with van der Waals surface area (Å²) in [6.45, 7) is 6.38. The first kappa shape index (κ1) is 17.2. The van der Waals surface area contributed by atoms with Crippen molar-refractivity contribution in [3.05, 3.63) is 53.2 Å². The third kappa shape index (κ3) is 4.42. The Balaban J connectivity index is 2.09. The largest absolute Gasteiger partial charge is 0.493 e. The number of nitrogens with zero attached hydrogens (tertiary/aromatic N) is 1. The molecule has 0 spiro atoms. The molecular weight excluding hydrogens is 306 g/mol. The highest BCUT2D eigenvalue weighted by Crippen LogP contribution is 2.22. The molecule has 0 bridgehead atoms. The number of hydrogen-bond acceptors (Lipinski definition) is 3. The molecule has 4 nitrogen and oxygen atoms in total. The first-order chi connectivity index (χ1) is 11.0. The van der Waals surface area contributed by atoms with Crippen molar-refractivity contribution >= 4 is 23.1 Å². The van der Waals surface area contributed by atoms with Crippen LogP contribution in [0.15, 0.2) is 36.5 Å². The molecule has 0 amide bonds. The highest BCUT2D eigenvalue weighted by Gasteiger charge is 2.13. The fourth-order valence-electron chi connectivity index (χ4n) is 2.35. The third-order valence-electron chi connectivity index (χ3n) is 3.87. The van der Waals surface area contributed by atoms with E-state index in [4.69, 9.17) is 17.0 Å². The van der Waals surface area contributed by atoms with E-state index in [1.165, 1.54) is 16.7 Å². The van der Waals surface area contributed by atoms with Gasteiger partial charge < -0.3 is 15.4 Å². The molecule has 23 heavy (non-hydrogen) atoms. The van der Waals surface area contributed by atoms with Crippen molar-refractivity contribution in [2.45, 2.75) is 33.2 Å². The number of aromatic nitrogens is 1. The van der Waals surface area contributed by atoms with Crippen molar-refractivity contribution < 1.29 is 4.74 Å². The second-order valence-corrected chi connectivity index (χ2v) is 5.87. The summed E-state index contributed by atoms with van der Waals surface area (Å²) in [4.78, 5) is 4.26. The van der Waals surface area contributed by atoms with Gasteiger partial charge in [-0.3, -0.25) is 0 Å². The summed E-state index contributed by atoms with van der Waals surface area (Å²) in [5.41, 5.74) is 3.81. The Kier molecular flexibility index (Phi) is 5.93. The third-order valence-corrected chi connectivity index (χ3v) is 4.09. The average molecular weight is 329 g/mol. The van der Waals surface area contributed by atoms with E-state index < -0.39 is 0 Å². The zero-order valence-electron chi connectivity index (χ0n) is 14.0. The maximum Gasteiger partial charge on any atom is 0.174 e. The van der Waals surface area contributed by atoms with Crippen LogP contribution in [-0.2, 0) is 0 Å². The van der Waals surface area contributed by atoms with E-state index in [0.29, 0.717) is 16.7 Å². The molecule has 0 aliphatic rings. The van der Waals surface area contributed by atoms with Crippen LogP contribution in [0.1, 0.15) is 36.1 Å². The maximum absolute atomic E-state index is 5.43. The van der Waals surface area contributed by atoms with Crippen molar-refractivity contribution in [1.29, 1.82) is 0 Å². The zero-order valence-corrected chi connectivity index (χ0v) is 14.8. The van der Waals surface area contributed by atoms with Crippen molar-refractivity contribution in [2.75, 3.05) is 12.4 Å². The van der Waals surface area contributed by atoms with Gasteiger partial charge in [0, 0.05) is 6.20 Å². The average Bonchev–Trinajstić information content (AvgIpc) is 2.55. The van der Waals surface area contributed by atoms with Crippen LogP contribution in [0.25, 0.3) is 0 Å². The van der Waals surface area contributed by atoms with E-state index in [0.717, 1.165) is 6.42 Å². The molecule has 0 fully saturated rings. The highest BCUT2D eigenvalue weighted by molar-refractivity contribution is 7.80. The lowest BCUT2D eigenvalue weighted by Crippen LogP contribution is -2.32. The summed E-state index contributed by atoms with van der Waals surface area (Å²) in [6.07, 6.45) is 2.64. The second-order valence-electron chi connectivity index (χ2n) is 5.46. The van der Waals surface area contributed by atoms with E-state index >= 15 is 0 Å². The number of nitrogens with one attached hydrogen (secondary N) is 2. The lowest BCUT2D eigenvalue weighted by Gasteiger charge is -2.21. The Morgan fingerprint density at radius 3 is 2.70 bits per heavy atom. The number of anilines is 1. The lowest BCUT2D eigenvalue weighted by atomic mass is 9.99. The minimum atomic E-state index is 0.156. The lowest BCUT2D eigenvalue weighted by molar-refractivity contribution is 0.415. The molecule has 1 aromatic carbocycles. The molecule has 5 heteroatoms. The molecule has 1 heterocycles. The number of pyridine rings is 1. The first-order valence-electron chi connectivity index (χ1n) is 7.68. The molecule has 2 N–H and O–H groups in total. The van der Waals surface area contributed by atoms with Crippen LogP contribution < -0.4 is 15.4 Å². The Morgan fingerprint density at radius 1 is 1.26 bits per heavy atom. The number of hydrogen-bond donors (Lipinski definition) is 2. The Morgan fingerprint density at radius 2 is 2.04 bits per heavy atom. The molecule has 1 atom stereocenters. The summed E-state index contributed by atoms with van der Waals surface area (Å²) in [5, 5.41) is 6.99. The van der Waals surface area contributed by atoms with Gasteiger partial charge in [-0.15, -0.1) is 0 Å². The van der Waals surface area contributed by atoms with Crippen LogP contribution in [0.2, 0.25) is 0 Å². The fraction of sp³-hybridized carbons (Fsp3) is 0.333. The molecular formula is C18H23N3OS. The summed E-state index contributed by atoms with van der Waals surface area (Å²) < 4.78 is 5.28. The number of aryl methyl sites for hydroxylation is 2. The van der Waals surface area contributed by atoms with Crippen LogP contribution in [0.5, 0.6) is 5.75 Å². The molecule has 2 aromatic rings. The van der Waals surface area contributed by atoms with Crippen LogP contribution >= 0.6 is 12.2 Å². The van der Waals surface area contributed by atoms with Crippen LogP contribution in [0.4, 0.5) is 5.82 Å². The quantitative estimate of drug-likeness (QED) is 0.807. The van der Waals surface area contributed by atoms with Gasteiger partial charge in [-0.25, -0.2) is 4.98 Å².